The summed E-state index contributed by atoms with van der Waals surface area (Å²) in [6.07, 6.45) is 7.21. The van der Waals surface area contributed by atoms with E-state index in [9.17, 15) is 0 Å². The molecule has 1 aliphatic heterocycles. The number of likely N-dealkylation sites (tertiary alicyclic amines) is 1. The molecule has 0 saturated carbocycles. The smallest absolute Gasteiger partial charge is 0.148 e. The number of hydrogen-bond donors (Lipinski definition) is 1. The lowest BCUT2D eigenvalue weighted by Gasteiger charge is -2.30. The number of halogens is 1. The molecule has 6 rings (SSSR count). The van der Waals surface area contributed by atoms with Gasteiger partial charge >= 0.3 is 0 Å². The first-order valence-corrected chi connectivity index (χ1v) is 13.1. The molecular weight excluding hydrogens is 500 g/mol. The lowest BCUT2D eigenvalue weighted by molar-refractivity contribution is 0.115. The number of piperidine rings is 1. The van der Waals surface area contributed by atoms with Gasteiger partial charge in [-0.15, -0.1) is 0 Å². The van der Waals surface area contributed by atoms with Crippen molar-refractivity contribution in [2.45, 2.75) is 25.5 Å². The molecule has 2 aromatic carbocycles. The van der Waals surface area contributed by atoms with Crippen molar-refractivity contribution in [2.75, 3.05) is 32.1 Å². The van der Waals surface area contributed by atoms with Gasteiger partial charge in [0.15, 0.2) is 0 Å². The summed E-state index contributed by atoms with van der Waals surface area (Å²) in [4.78, 5) is 21.7. The molecule has 3 aromatic heterocycles. The monoisotopic (exact) mass is 528 g/mol. The third kappa shape index (κ3) is 4.85. The fourth-order valence-corrected chi connectivity index (χ4v) is 5.21. The number of benzene rings is 2. The number of fused-ring (bicyclic) bond motifs is 2. The van der Waals surface area contributed by atoms with E-state index in [-0.39, 0.29) is 6.10 Å². The second kappa shape index (κ2) is 10.5. The van der Waals surface area contributed by atoms with Gasteiger partial charge in [-0.2, -0.15) is 0 Å². The predicted octanol–water partition coefficient (Wildman–Crippen LogP) is 5.98. The fourth-order valence-electron chi connectivity index (χ4n) is 5.00. The van der Waals surface area contributed by atoms with Gasteiger partial charge in [-0.05, 0) is 50.2 Å². The number of ether oxygens (including phenoxy) is 2. The Kier molecular flexibility index (Phi) is 6.74. The van der Waals surface area contributed by atoms with Gasteiger partial charge in [0, 0.05) is 54.2 Å². The number of nitrogens with zero attached hydrogens (tertiary/aromatic N) is 5. The summed E-state index contributed by atoms with van der Waals surface area (Å²) >= 11 is 6.50. The molecule has 0 amide bonds. The first kappa shape index (κ1) is 24.5. The molecule has 1 aliphatic rings. The van der Waals surface area contributed by atoms with Crippen molar-refractivity contribution in [3.8, 4) is 11.5 Å². The standard InChI is InChI=1S/C29H29ClN6O2/c1-35-11-8-21(9-12-35)38-27-15-22(37-2)14-26-28(27)29(34-18-33-26)36(17-19-5-3-4-10-31-19)20-6-7-25-23(13-20)24(30)16-32-25/h3-7,10,13-16,18,21,32H,8-9,11-12,17H2,1-2H3. The summed E-state index contributed by atoms with van der Waals surface area (Å²) in [5.74, 6) is 2.15. The van der Waals surface area contributed by atoms with Crippen LogP contribution in [0.5, 0.6) is 11.5 Å². The van der Waals surface area contributed by atoms with Crippen LogP contribution in [0.2, 0.25) is 5.02 Å². The summed E-state index contributed by atoms with van der Waals surface area (Å²) < 4.78 is 12.3. The third-order valence-electron chi connectivity index (χ3n) is 7.08. The molecule has 0 atom stereocenters. The minimum atomic E-state index is 0.105. The van der Waals surface area contributed by atoms with Crippen LogP contribution in [0.4, 0.5) is 11.5 Å². The average molecular weight is 529 g/mol. The van der Waals surface area contributed by atoms with Crippen LogP contribution in [0.15, 0.2) is 67.3 Å². The topological polar surface area (TPSA) is 79.4 Å². The highest BCUT2D eigenvalue weighted by molar-refractivity contribution is 6.35. The second-order valence-corrected chi connectivity index (χ2v) is 10.0. The van der Waals surface area contributed by atoms with Gasteiger partial charge < -0.3 is 24.3 Å². The zero-order chi connectivity index (χ0) is 26.1. The first-order chi connectivity index (χ1) is 18.6. The van der Waals surface area contributed by atoms with Crippen molar-refractivity contribution in [3.05, 3.63) is 78.0 Å². The van der Waals surface area contributed by atoms with Crippen LogP contribution in [0.1, 0.15) is 18.5 Å². The SMILES string of the molecule is COc1cc(OC2CCN(C)CC2)c2c(N(Cc3ccccn3)c3ccc4[nH]cc(Cl)c4c3)ncnc2c1. The molecule has 9 heteroatoms. The summed E-state index contributed by atoms with van der Waals surface area (Å²) in [7, 11) is 3.80. The van der Waals surface area contributed by atoms with E-state index in [1.807, 2.05) is 36.4 Å². The molecule has 194 valence electrons. The molecule has 5 aromatic rings. The molecule has 0 radical (unpaired) electrons. The Morgan fingerprint density at radius 2 is 1.95 bits per heavy atom. The number of aromatic nitrogens is 4. The molecule has 0 spiro atoms. The second-order valence-electron chi connectivity index (χ2n) is 9.61. The van der Waals surface area contributed by atoms with Gasteiger partial charge in [0.05, 0.1) is 35.3 Å². The van der Waals surface area contributed by atoms with Crippen LogP contribution < -0.4 is 14.4 Å². The Bertz CT molecular complexity index is 1570. The average Bonchev–Trinajstić information content (AvgIpc) is 3.33. The molecule has 8 nitrogen and oxygen atoms in total. The number of rotatable bonds is 7. The number of aromatic amines is 1. The van der Waals surface area contributed by atoms with Gasteiger partial charge in [-0.1, -0.05) is 17.7 Å². The molecule has 4 heterocycles. The van der Waals surface area contributed by atoms with Crippen molar-refractivity contribution in [2.24, 2.45) is 0 Å². The van der Waals surface area contributed by atoms with Gasteiger partial charge in [0.2, 0.25) is 0 Å². The highest BCUT2D eigenvalue weighted by Gasteiger charge is 2.24. The van der Waals surface area contributed by atoms with E-state index in [1.54, 1.807) is 25.8 Å². The molecule has 0 bridgehead atoms. The largest absolute Gasteiger partial charge is 0.497 e. The zero-order valence-corrected chi connectivity index (χ0v) is 22.2. The van der Waals surface area contributed by atoms with E-state index < -0.39 is 0 Å². The maximum Gasteiger partial charge on any atom is 0.148 e. The van der Waals surface area contributed by atoms with Crippen molar-refractivity contribution >= 4 is 44.9 Å². The van der Waals surface area contributed by atoms with Crippen LogP contribution >= 0.6 is 11.6 Å². The van der Waals surface area contributed by atoms with E-state index in [4.69, 9.17) is 26.1 Å². The summed E-state index contributed by atoms with van der Waals surface area (Å²) in [5.41, 5.74) is 3.57. The highest BCUT2D eigenvalue weighted by Crippen LogP contribution is 2.40. The first-order valence-electron chi connectivity index (χ1n) is 12.7. The highest BCUT2D eigenvalue weighted by atomic mass is 35.5. The van der Waals surface area contributed by atoms with Gasteiger partial charge in [0.1, 0.15) is 29.7 Å². The van der Waals surface area contributed by atoms with E-state index in [2.05, 4.69) is 43.9 Å². The molecule has 38 heavy (non-hydrogen) atoms. The maximum atomic E-state index is 6.66. The number of anilines is 2. The number of pyridine rings is 1. The number of nitrogens with one attached hydrogen (secondary N) is 1. The van der Waals surface area contributed by atoms with Crippen LogP contribution in [0.3, 0.4) is 0 Å². The summed E-state index contributed by atoms with van der Waals surface area (Å²) in [6.45, 7) is 2.50. The van der Waals surface area contributed by atoms with E-state index in [0.29, 0.717) is 17.3 Å². The third-order valence-corrected chi connectivity index (χ3v) is 7.39. The predicted molar refractivity (Wildman–Crippen MR) is 151 cm³/mol. The quantitative estimate of drug-likeness (QED) is 0.278. The van der Waals surface area contributed by atoms with Gasteiger partial charge in [-0.3, -0.25) is 4.98 Å². The number of hydrogen-bond acceptors (Lipinski definition) is 7. The van der Waals surface area contributed by atoms with Crippen LogP contribution in [0.25, 0.3) is 21.8 Å². The number of methoxy groups -OCH3 is 1. The van der Waals surface area contributed by atoms with Crippen LogP contribution in [0, 0.1) is 0 Å². The Morgan fingerprint density at radius 1 is 1.08 bits per heavy atom. The Labute approximate surface area is 226 Å². The van der Waals surface area contributed by atoms with Crippen molar-refractivity contribution in [1.82, 2.24) is 24.8 Å². The van der Waals surface area contributed by atoms with Crippen molar-refractivity contribution in [1.29, 1.82) is 0 Å². The Morgan fingerprint density at radius 3 is 2.74 bits per heavy atom. The van der Waals surface area contributed by atoms with Gasteiger partial charge in [0.25, 0.3) is 0 Å². The van der Waals surface area contributed by atoms with E-state index in [0.717, 1.165) is 70.7 Å². The number of H-pyrrole nitrogens is 1. The maximum absolute atomic E-state index is 6.66. The lowest BCUT2D eigenvalue weighted by Crippen LogP contribution is -2.35. The van der Waals surface area contributed by atoms with Crippen LogP contribution in [-0.2, 0) is 6.54 Å². The summed E-state index contributed by atoms with van der Waals surface area (Å²) in [5, 5.41) is 2.45. The van der Waals surface area contributed by atoms with E-state index >= 15 is 0 Å². The molecule has 1 N–H and O–H groups in total. The van der Waals surface area contributed by atoms with Crippen molar-refractivity contribution in [3.63, 3.8) is 0 Å². The Hall–Kier alpha value is -3.88. The molecular formula is C29H29ClN6O2. The summed E-state index contributed by atoms with van der Waals surface area (Å²) in [6, 6.07) is 16.0. The minimum Gasteiger partial charge on any atom is -0.497 e. The lowest BCUT2D eigenvalue weighted by atomic mass is 10.1. The van der Waals surface area contributed by atoms with Crippen LogP contribution in [-0.4, -0.2) is 58.2 Å². The zero-order valence-electron chi connectivity index (χ0n) is 21.4. The fraction of sp³-hybridized carbons (Fsp3) is 0.276. The van der Waals surface area contributed by atoms with Crippen molar-refractivity contribution < 1.29 is 9.47 Å². The molecule has 1 fully saturated rings. The molecule has 0 unspecified atom stereocenters. The van der Waals surface area contributed by atoms with Gasteiger partial charge in [-0.25, -0.2) is 9.97 Å². The molecule has 0 aliphatic carbocycles. The normalized spacial score (nSPS) is 14.7. The van der Waals surface area contributed by atoms with E-state index in [1.165, 1.54) is 0 Å². The molecule has 1 saturated heterocycles. The Balaban J connectivity index is 1.51. The minimum absolute atomic E-state index is 0.105.